The Hall–Kier alpha value is -1.91. The molecule has 0 bridgehead atoms. The van der Waals surface area contributed by atoms with Gasteiger partial charge in [0.2, 0.25) is 0 Å². The zero-order valence-electron chi connectivity index (χ0n) is 12.9. The molecule has 0 spiro atoms. The fourth-order valence-electron chi connectivity index (χ4n) is 2.13. The highest BCUT2D eigenvalue weighted by Crippen LogP contribution is 2.22. The zero-order chi connectivity index (χ0) is 14.7. The Balaban J connectivity index is 2.45. The molecule has 5 nitrogen and oxygen atoms in total. The maximum absolute atomic E-state index is 4.70. The van der Waals surface area contributed by atoms with Crippen molar-refractivity contribution in [2.75, 3.05) is 11.9 Å². The van der Waals surface area contributed by atoms with Gasteiger partial charge in [-0.05, 0) is 26.2 Å². The van der Waals surface area contributed by atoms with E-state index in [-0.39, 0.29) is 0 Å². The van der Waals surface area contributed by atoms with E-state index in [4.69, 9.17) is 4.98 Å². The van der Waals surface area contributed by atoms with Gasteiger partial charge in [-0.1, -0.05) is 13.8 Å². The second kappa shape index (κ2) is 6.03. The van der Waals surface area contributed by atoms with Crippen molar-refractivity contribution in [1.29, 1.82) is 0 Å². The lowest BCUT2D eigenvalue weighted by Gasteiger charge is -2.10. The molecule has 0 saturated heterocycles. The number of rotatable bonds is 5. The molecule has 0 radical (unpaired) electrons. The van der Waals surface area contributed by atoms with Crippen LogP contribution in [0.5, 0.6) is 0 Å². The van der Waals surface area contributed by atoms with Crippen LogP contribution in [0.2, 0.25) is 0 Å². The second-order valence-electron chi connectivity index (χ2n) is 5.46. The minimum absolute atomic E-state index is 0.572. The van der Waals surface area contributed by atoms with Crippen LogP contribution in [0.15, 0.2) is 12.3 Å². The lowest BCUT2D eigenvalue weighted by Crippen LogP contribution is -2.06. The summed E-state index contributed by atoms with van der Waals surface area (Å²) in [4.78, 5) is 9.30. The normalized spacial score (nSPS) is 11.1. The first-order valence-corrected chi connectivity index (χ1v) is 7.12. The van der Waals surface area contributed by atoms with E-state index in [1.54, 1.807) is 0 Å². The van der Waals surface area contributed by atoms with E-state index < -0.39 is 0 Å². The van der Waals surface area contributed by atoms with Gasteiger partial charge in [-0.3, -0.25) is 4.68 Å². The van der Waals surface area contributed by atoms with Crippen LogP contribution in [0.1, 0.15) is 32.2 Å². The minimum Gasteiger partial charge on any atom is -0.370 e. The SMILES string of the molecule is CCNc1cc(CC(C)C)nc(-c2cnn(C)c2C)n1. The molecule has 0 amide bonds. The molecule has 1 N–H and O–H groups in total. The molecule has 0 atom stereocenters. The predicted molar refractivity (Wildman–Crippen MR) is 81.7 cm³/mol. The number of aryl methyl sites for hydroxylation is 1. The summed E-state index contributed by atoms with van der Waals surface area (Å²) >= 11 is 0. The van der Waals surface area contributed by atoms with Gasteiger partial charge in [-0.25, -0.2) is 9.97 Å². The largest absolute Gasteiger partial charge is 0.370 e. The van der Waals surface area contributed by atoms with Crippen LogP contribution < -0.4 is 5.32 Å². The van der Waals surface area contributed by atoms with E-state index in [1.165, 1.54) is 0 Å². The fourth-order valence-corrected chi connectivity index (χ4v) is 2.13. The maximum Gasteiger partial charge on any atom is 0.165 e. The highest BCUT2D eigenvalue weighted by Gasteiger charge is 2.12. The van der Waals surface area contributed by atoms with E-state index in [1.807, 2.05) is 30.9 Å². The molecule has 5 heteroatoms. The van der Waals surface area contributed by atoms with Crippen LogP contribution in [-0.4, -0.2) is 26.3 Å². The third-order valence-corrected chi connectivity index (χ3v) is 3.23. The maximum atomic E-state index is 4.70. The van der Waals surface area contributed by atoms with E-state index in [2.05, 4.69) is 36.2 Å². The molecule has 20 heavy (non-hydrogen) atoms. The summed E-state index contributed by atoms with van der Waals surface area (Å²) in [6.07, 6.45) is 2.78. The first-order chi connectivity index (χ1) is 9.51. The van der Waals surface area contributed by atoms with Gasteiger partial charge in [0.05, 0.1) is 11.8 Å². The lowest BCUT2D eigenvalue weighted by molar-refractivity contribution is 0.635. The third-order valence-electron chi connectivity index (χ3n) is 3.23. The molecule has 0 aliphatic rings. The topological polar surface area (TPSA) is 55.6 Å². The molecule has 0 aromatic carbocycles. The lowest BCUT2D eigenvalue weighted by atomic mass is 10.1. The van der Waals surface area contributed by atoms with Gasteiger partial charge in [-0.2, -0.15) is 5.10 Å². The summed E-state index contributed by atoms with van der Waals surface area (Å²) in [6.45, 7) is 9.35. The van der Waals surface area contributed by atoms with Crippen LogP contribution in [0.25, 0.3) is 11.4 Å². The van der Waals surface area contributed by atoms with Crippen LogP contribution in [0.4, 0.5) is 5.82 Å². The van der Waals surface area contributed by atoms with Gasteiger partial charge in [0.1, 0.15) is 5.82 Å². The Morgan fingerprint density at radius 2 is 2.05 bits per heavy atom. The van der Waals surface area contributed by atoms with Gasteiger partial charge in [-0.15, -0.1) is 0 Å². The number of aromatic nitrogens is 4. The zero-order valence-corrected chi connectivity index (χ0v) is 12.9. The van der Waals surface area contributed by atoms with E-state index in [0.717, 1.165) is 41.6 Å². The molecule has 2 aromatic heterocycles. The second-order valence-corrected chi connectivity index (χ2v) is 5.46. The van der Waals surface area contributed by atoms with Gasteiger partial charge < -0.3 is 5.32 Å². The molecule has 0 fully saturated rings. The minimum atomic E-state index is 0.572. The van der Waals surface area contributed by atoms with Gasteiger partial charge in [0.25, 0.3) is 0 Å². The summed E-state index contributed by atoms with van der Waals surface area (Å²) in [6, 6.07) is 2.04. The fraction of sp³-hybridized carbons (Fsp3) is 0.533. The van der Waals surface area contributed by atoms with Crippen molar-refractivity contribution >= 4 is 5.82 Å². The van der Waals surface area contributed by atoms with Crippen LogP contribution in [0.3, 0.4) is 0 Å². The van der Waals surface area contributed by atoms with Crippen molar-refractivity contribution in [2.45, 2.75) is 34.1 Å². The predicted octanol–water partition coefficient (Wildman–Crippen LogP) is 2.82. The summed E-state index contributed by atoms with van der Waals surface area (Å²) < 4.78 is 1.85. The molecular weight excluding hydrogens is 250 g/mol. The molecule has 0 aliphatic carbocycles. The van der Waals surface area contributed by atoms with Crippen LogP contribution >= 0.6 is 0 Å². The molecular formula is C15H23N5. The number of anilines is 1. The molecule has 2 heterocycles. The smallest absolute Gasteiger partial charge is 0.165 e. The van der Waals surface area contributed by atoms with Crippen molar-refractivity contribution in [2.24, 2.45) is 13.0 Å². The van der Waals surface area contributed by atoms with E-state index in [9.17, 15) is 0 Å². The Kier molecular flexibility index (Phi) is 4.37. The first-order valence-electron chi connectivity index (χ1n) is 7.12. The van der Waals surface area contributed by atoms with Crippen LogP contribution in [-0.2, 0) is 13.5 Å². The Labute approximate surface area is 120 Å². The van der Waals surface area contributed by atoms with Crippen molar-refractivity contribution < 1.29 is 0 Å². The van der Waals surface area contributed by atoms with E-state index in [0.29, 0.717) is 5.92 Å². The Morgan fingerprint density at radius 3 is 2.60 bits per heavy atom. The first kappa shape index (κ1) is 14.5. The summed E-state index contributed by atoms with van der Waals surface area (Å²) in [5, 5.41) is 7.55. The molecule has 108 valence electrons. The standard InChI is InChI=1S/C15H23N5/c1-6-16-14-8-12(7-10(2)3)18-15(19-14)13-9-17-20(5)11(13)4/h8-10H,6-7H2,1-5H3,(H,16,18,19). The third kappa shape index (κ3) is 3.15. The molecule has 0 unspecified atom stereocenters. The number of nitrogens with one attached hydrogen (secondary N) is 1. The Bertz CT molecular complexity index is 586. The van der Waals surface area contributed by atoms with Crippen molar-refractivity contribution in [1.82, 2.24) is 19.7 Å². The summed E-state index contributed by atoms with van der Waals surface area (Å²) in [7, 11) is 1.93. The summed E-state index contributed by atoms with van der Waals surface area (Å²) in [5.41, 5.74) is 3.15. The molecule has 0 saturated carbocycles. The van der Waals surface area contributed by atoms with Crippen molar-refractivity contribution in [3.05, 3.63) is 23.7 Å². The average Bonchev–Trinajstić information content (AvgIpc) is 2.69. The average molecular weight is 273 g/mol. The van der Waals surface area contributed by atoms with E-state index >= 15 is 0 Å². The van der Waals surface area contributed by atoms with Crippen molar-refractivity contribution in [3.8, 4) is 11.4 Å². The molecule has 2 aromatic rings. The summed E-state index contributed by atoms with van der Waals surface area (Å²) in [5.74, 6) is 2.21. The van der Waals surface area contributed by atoms with Crippen LogP contribution in [0, 0.1) is 12.8 Å². The Morgan fingerprint density at radius 1 is 1.30 bits per heavy atom. The van der Waals surface area contributed by atoms with Gasteiger partial charge >= 0.3 is 0 Å². The highest BCUT2D eigenvalue weighted by atomic mass is 15.3. The molecule has 2 rings (SSSR count). The quantitative estimate of drug-likeness (QED) is 0.910. The monoisotopic (exact) mass is 273 g/mol. The van der Waals surface area contributed by atoms with Crippen molar-refractivity contribution in [3.63, 3.8) is 0 Å². The number of nitrogens with zero attached hydrogens (tertiary/aromatic N) is 4. The van der Waals surface area contributed by atoms with Gasteiger partial charge in [0.15, 0.2) is 5.82 Å². The highest BCUT2D eigenvalue weighted by molar-refractivity contribution is 5.59. The molecule has 0 aliphatic heterocycles. The number of hydrogen-bond donors (Lipinski definition) is 1. The number of hydrogen-bond acceptors (Lipinski definition) is 4. The van der Waals surface area contributed by atoms with Gasteiger partial charge in [0, 0.05) is 31.0 Å².